The predicted molar refractivity (Wildman–Crippen MR) is 69.4 cm³/mol. The number of likely N-dealkylation sites (N-methyl/N-ethyl adjacent to an activating group) is 1. The van der Waals surface area contributed by atoms with Crippen LogP contribution in [-0.2, 0) is 4.74 Å². The topological polar surface area (TPSA) is 47.3 Å². The van der Waals surface area contributed by atoms with Gasteiger partial charge in [-0.05, 0) is 32.8 Å². The van der Waals surface area contributed by atoms with E-state index < -0.39 is 0 Å². The minimum Gasteiger partial charge on any atom is -0.447 e. The molecule has 0 radical (unpaired) electrons. The zero-order valence-corrected chi connectivity index (χ0v) is 11.1. The Kier molecular flexibility index (Phi) is 6.38. The molecular formula is C13H24N2O. The first-order valence-electron chi connectivity index (χ1n) is 5.65. The van der Waals surface area contributed by atoms with Gasteiger partial charge in [-0.25, -0.2) is 0 Å². The highest BCUT2D eigenvalue weighted by Gasteiger charge is 2.15. The van der Waals surface area contributed by atoms with Gasteiger partial charge in [-0.2, -0.15) is 0 Å². The van der Waals surface area contributed by atoms with Crippen LogP contribution in [0, 0.1) is 5.92 Å². The molecule has 3 N–H and O–H groups in total. The fourth-order valence-electron chi connectivity index (χ4n) is 1.69. The summed E-state index contributed by atoms with van der Waals surface area (Å²) in [4.78, 5) is 0. The van der Waals surface area contributed by atoms with E-state index in [-0.39, 0.29) is 5.88 Å². The Balaban J connectivity index is 5.29. The van der Waals surface area contributed by atoms with Gasteiger partial charge in [-0.3, -0.25) is 0 Å². The molecule has 1 atom stereocenters. The molecule has 0 fully saturated rings. The van der Waals surface area contributed by atoms with Crippen LogP contribution in [0.15, 0.2) is 35.6 Å². The predicted octanol–water partition coefficient (Wildman–Crippen LogP) is 2.88. The Bertz CT molecular complexity index is 303. The van der Waals surface area contributed by atoms with Crippen molar-refractivity contribution in [1.29, 1.82) is 0 Å². The van der Waals surface area contributed by atoms with Crippen molar-refractivity contribution in [2.24, 2.45) is 11.7 Å². The summed E-state index contributed by atoms with van der Waals surface area (Å²) in [5.74, 6) is 1.45. The van der Waals surface area contributed by atoms with Crippen molar-refractivity contribution >= 4 is 0 Å². The van der Waals surface area contributed by atoms with Gasteiger partial charge in [0.05, 0.1) is 0 Å². The first-order chi connectivity index (χ1) is 7.47. The summed E-state index contributed by atoms with van der Waals surface area (Å²) in [5.41, 5.74) is 7.69. The number of ether oxygens (including phenoxy) is 1. The Labute approximate surface area is 99.1 Å². The van der Waals surface area contributed by atoms with Crippen molar-refractivity contribution in [1.82, 2.24) is 5.32 Å². The second kappa shape index (κ2) is 6.99. The van der Waals surface area contributed by atoms with Crippen LogP contribution in [0.4, 0.5) is 0 Å². The maximum atomic E-state index is 5.47. The van der Waals surface area contributed by atoms with Crippen LogP contribution in [0.1, 0.15) is 34.1 Å². The van der Waals surface area contributed by atoms with Gasteiger partial charge in [0.15, 0.2) is 5.88 Å². The molecule has 1 unspecified atom stereocenters. The van der Waals surface area contributed by atoms with E-state index in [1.54, 1.807) is 0 Å². The third-order valence-electron chi connectivity index (χ3n) is 2.62. The molecule has 0 rings (SSSR count). The van der Waals surface area contributed by atoms with Crippen LogP contribution in [0.3, 0.4) is 0 Å². The molecule has 0 aliphatic rings. The highest BCUT2D eigenvalue weighted by molar-refractivity contribution is 5.33. The van der Waals surface area contributed by atoms with Gasteiger partial charge in [0, 0.05) is 18.3 Å². The highest BCUT2D eigenvalue weighted by Crippen LogP contribution is 2.25. The molecule has 0 amide bonds. The van der Waals surface area contributed by atoms with Gasteiger partial charge >= 0.3 is 0 Å². The van der Waals surface area contributed by atoms with Crippen molar-refractivity contribution in [3.05, 3.63) is 35.6 Å². The molecule has 0 saturated carbocycles. The minimum atomic E-state index is 0.227. The first-order valence-corrected chi connectivity index (χ1v) is 5.65. The van der Waals surface area contributed by atoms with Crippen molar-refractivity contribution in [2.75, 3.05) is 7.05 Å². The third kappa shape index (κ3) is 4.01. The Morgan fingerprint density at radius 1 is 1.56 bits per heavy atom. The fourth-order valence-corrected chi connectivity index (χ4v) is 1.69. The van der Waals surface area contributed by atoms with Crippen molar-refractivity contribution in [3.63, 3.8) is 0 Å². The zero-order chi connectivity index (χ0) is 12.7. The molecule has 0 saturated heterocycles. The molecule has 16 heavy (non-hydrogen) atoms. The minimum absolute atomic E-state index is 0.227. The summed E-state index contributed by atoms with van der Waals surface area (Å²) in [6.07, 6.45) is 3.08. The number of hydrogen-bond acceptors (Lipinski definition) is 3. The van der Waals surface area contributed by atoms with Crippen LogP contribution < -0.4 is 11.1 Å². The smallest absolute Gasteiger partial charge is 0.183 e. The van der Waals surface area contributed by atoms with Crippen LogP contribution in [-0.4, -0.2) is 7.05 Å². The molecule has 0 aromatic carbocycles. The van der Waals surface area contributed by atoms with Crippen LogP contribution in [0.2, 0.25) is 0 Å². The van der Waals surface area contributed by atoms with Crippen LogP contribution >= 0.6 is 0 Å². The second-order valence-electron chi connectivity index (χ2n) is 3.80. The number of nitrogens with one attached hydrogen (secondary N) is 1. The monoisotopic (exact) mass is 224 g/mol. The summed E-state index contributed by atoms with van der Waals surface area (Å²) in [5, 5.41) is 3.17. The van der Waals surface area contributed by atoms with Gasteiger partial charge in [0.2, 0.25) is 0 Å². The van der Waals surface area contributed by atoms with E-state index in [1.807, 2.05) is 27.0 Å². The quantitative estimate of drug-likeness (QED) is 0.538. The largest absolute Gasteiger partial charge is 0.447 e. The second-order valence-corrected chi connectivity index (χ2v) is 3.80. The maximum absolute atomic E-state index is 5.47. The third-order valence-corrected chi connectivity index (χ3v) is 2.62. The summed E-state index contributed by atoms with van der Waals surface area (Å²) >= 11 is 0. The molecule has 0 aliphatic heterocycles. The molecule has 0 aliphatic carbocycles. The summed E-state index contributed by atoms with van der Waals surface area (Å²) in [7, 11) is 1.91. The maximum Gasteiger partial charge on any atom is 0.183 e. The van der Waals surface area contributed by atoms with E-state index in [4.69, 9.17) is 10.5 Å². The lowest BCUT2D eigenvalue weighted by atomic mass is 9.94. The number of rotatable bonds is 6. The Hall–Kier alpha value is -1.38. The number of allylic oxidation sites excluding steroid dienone is 3. The van der Waals surface area contributed by atoms with Gasteiger partial charge < -0.3 is 15.8 Å². The van der Waals surface area contributed by atoms with Crippen molar-refractivity contribution < 1.29 is 4.74 Å². The molecule has 0 aromatic heterocycles. The Morgan fingerprint density at radius 2 is 2.12 bits per heavy atom. The Morgan fingerprint density at radius 3 is 2.44 bits per heavy atom. The summed E-state index contributed by atoms with van der Waals surface area (Å²) in [6, 6.07) is 0. The molecule has 3 heteroatoms. The lowest BCUT2D eigenvalue weighted by Gasteiger charge is -2.20. The highest BCUT2D eigenvalue weighted by atomic mass is 16.5. The zero-order valence-electron chi connectivity index (χ0n) is 11.1. The average molecular weight is 224 g/mol. The molecule has 3 nitrogen and oxygen atoms in total. The van der Waals surface area contributed by atoms with Gasteiger partial charge in [0.1, 0.15) is 5.76 Å². The molecule has 0 heterocycles. The van der Waals surface area contributed by atoms with E-state index in [0.29, 0.717) is 5.92 Å². The van der Waals surface area contributed by atoms with Crippen LogP contribution in [0.5, 0.6) is 0 Å². The SMILES string of the molecule is C=C(N)O/C(C)=C(\C(=C\C)NC)C(C)CC. The lowest BCUT2D eigenvalue weighted by Crippen LogP contribution is -2.16. The van der Waals surface area contributed by atoms with Crippen molar-refractivity contribution in [3.8, 4) is 0 Å². The molecule has 0 spiro atoms. The first kappa shape index (κ1) is 14.6. The van der Waals surface area contributed by atoms with E-state index in [2.05, 4.69) is 25.7 Å². The molecular weight excluding hydrogens is 200 g/mol. The number of nitrogens with two attached hydrogens (primary N) is 1. The van der Waals surface area contributed by atoms with Crippen LogP contribution in [0.25, 0.3) is 0 Å². The number of hydrogen-bond donors (Lipinski definition) is 2. The van der Waals surface area contributed by atoms with Gasteiger partial charge in [0.25, 0.3) is 0 Å². The van der Waals surface area contributed by atoms with E-state index in [1.165, 1.54) is 0 Å². The van der Waals surface area contributed by atoms with E-state index in [9.17, 15) is 0 Å². The van der Waals surface area contributed by atoms with Crippen molar-refractivity contribution in [2.45, 2.75) is 34.1 Å². The molecule has 0 aromatic rings. The fraction of sp³-hybridized carbons (Fsp3) is 0.538. The molecule has 0 bridgehead atoms. The van der Waals surface area contributed by atoms with Gasteiger partial charge in [-0.15, -0.1) is 0 Å². The normalized spacial score (nSPS) is 15.2. The lowest BCUT2D eigenvalue weighted by molar-refractivity contribution is 0.295. The average Bonchev–Trinajstić information content (AvgIpc) is 2.23. The molecule has 92 valence electrons. The van der Waals surface area contributed by atoms with Gasteiger partial charge in [-0.1, -0.05) is 19.9 Å². The van der Waals surface area contributed by atoms with E-state index >= 15 is 0 Å². The van der Waals surface area contributed by atoms with E-state index in [0.717, 1.165) is 23.5 Å². The summed E-state index contributed by atoms with van der Waals surface area (Å²) < 4.78 is 5.40. The standard InChI is InChI=1S/C13H24N2O/c1-7-9(3)13(12(8-2)15-6)10(4)16-11(5)14/h8-9,15H,5,7,14H2,1-4,6H3/b12-8-,13-10-. The summed E-state index contributed by atoms with van der Waals surface area (Å²) in [6.45, 7) is 11.8.